The fraction of sp³-hybridized carbons (Fsp3) is 0.600. The lowest BCUT2D eigenvalue weighted by atomic mass is 9.97. The summed E-state index contributed by atoms with van der Waals surface area (Å²) >= 11 is 0. The summed E-state index contributed by atoms with van der Waals surface area (Å²) in [4.78, 5) is 2.07. The molecule has 0 saturated carbocycles. The number of alkyl halides is 3. The largest absolute Gasteiger partial charge is 0.416 e. The van der Waals surface area contributed by atoms with Crippen LogP contribution in [0.3, 0.4) is 0 Å². The molecule has 1 aromatic rings. The van der Waals surface area contributed by atoms with Crippen molar-refractivity contribution in [3.63, 3.8) is 0 Å². The summed E-state index contributed by atoms with van der Waals surface area (Å²) in [7, 11) is 0. The summed E-state index contributed by atoms with van der Waals surface area (Å²) in [6, 6.07) is 2.42. The van der Waals surface area contributed by atoms with Crippen LogP contribution < -0.4 is 5.32 Å². The van der Waals surface area contributed by atoms with Crippen molar-refractivity contribution in [1.29, 1.82) is 0 Å². The van der Waals surface area contributed by atoms with Crippen LogP contribution in [-0.4, -0.2) is 31.1 Å². The topological polar surface area (TPSA) is 15.3 Å². The lowest BCUT2D eigenvalue weighted by Gasteiger charge is -2.35. The van der Waals surface area contributed by atoms with Gasteiger partial charge in [-0.1, -0.05) is 13.3 Å². The number of halogens is 4. The van der Waals surface area contributed by atoms with Gasteiger partial charge in [-0.2, -0.15) is 13.2 Å². The molecule has 2 nitrogen and oxygen atoms in total. The van der Waals surface area contributed by atoms with Crippen molar-refractivity contribution >= 4 is 0 Å². The molecule has 0 radical (unpaired) electrons. The average molecular weight is 304 g/mol. The zero-order valence-electron chi connectivity index (χ0n) is 12.0. The van der Waals surface area contributed by atoms with E-state index in [4.69, 9.17) is 0 Å². The fourth-order valence-electron chi connectivity index (χ4n) is 2.78. The van der Waals surface area contributed by atoms with Gasteiger partial charge in [0.15, 0.2) is 0 Å². The Morgan fingerprint density at radius 2 is 1.90 bits per heavy atom. The van der Waals surface area contributed by atoms with Crippen molar-refractivity contribution in [2.75, 3.05) is 26.2 Å². The minimum absolute atomic E-state index is 0.161. The van der Waals surface area contributed by atoms with Crippen molar-refractivity contribution in [1.82, 2.24) is 10.2 Å². The summed E-state index contributed by atoms with van der Waals surface area (Å²) in [6.07, 6.45) is -2.99. The Kier molecular flexibility index (Phi) is 5.22. The van der Waals surface area contributed by atoms with E-state index < -0.39 is 17.6 Å². The SMILES string of the molecule is CCC[C@H](c1cc(C(F)(F)F)ccc1F)N1CCNCC1. The number of piperazine rings is 1. The first-order valence-electron chi connectivity index (χ1n) is 7.25. The lowest BCUT2D eigenvalue weighted by Crippen LogP contribution is -2.45. The monoisotopic (exact) mass is 304 g/mol. The molecule has 1 aliphatic heterocycles. The fourth-order valence-corrected chi connectivity index (χ4v) is 2.78. The number of nitrogens with one attached hydrogen (secondary N) is 1. The standard InChI is InChI=1S/C15H20F4N2/c1-2-3-14(21-8-6-20-7-9-21)12-10-11(15(17,18)19)4-5-13(12)16/h4-5,10,14,20H,2-3,6-9H2,1H3/t14-/m1/s1. The lowest BCUT2D eigenvalue weighted by molar-refractivity contribution is -0.137. The molecule has 1 N–H and O–H groups in total. The molecule has 0 spiro atoms. The van der Waals surface area contributed by atoms with Gasteiger partial charge in [-0.25, -0.2) is 4.39 Å². The van der Waals surface area contributed by atoms with Crippen molar-refractivity contribution in [3.05, 3.63) is 35.1 Å². The smallest absolute Gasteiger partial charge is 0.314 e. The Balaban J connectivity index is 2.34. The Hall–Kier alpha value is -1.14. The van der Waals surface area contributed by atoms with Gasteiger partial charge in [0, 0.05) is 37.8 Å². The van der Waals surface area contributed by atoms with Gasteiger partial charge in [0.25, 0.3) is 0 Å². The molecular weight excluding hydrogens is 284 g/mol. The van der Waals surface area contributed by atoms with Crippen LogP contribution in [0.2, 0.25) is 0 Å². The van der Waals surface area contributed by atoms with Gasteiger partial charge in [0.2, 0.25) is 0 Å². The van der Waals surface area contributed by atoms with Crippen LogP contribution in [0.15, 0.2) is 18.2 Å². The third-order valence-electron chi connectivity index (χ3n) is 3.84. The summed E-state index contributed by atoms with van der Waals surface area (Å²) in [6.45, 7) is 4.96. The molecule has 1 saturated heterocycles. The number of nitrogens with zero attached hydrogens (tertiary/aromatic N) is 1. The summed E-state index contributed by atoms with van der Waals surface area (Å²) in [5, 5.41) is 3.20. The van der Waals surface area contributed by atoms with Crippen LogP contribution in [0, 0.1) is 5.82 Å². The van der Waals surface area contributed by atoms with E-state index in [1.807, 2.05) is 6.92 Å². The first-order chi connectivity index (χ1) is 9.93. The molecule has 6 heteroatoms. The second-order valence-electron chi connectivity index (χ2n) is 5.32. The quantitative estimate of drug-likeness (QED) is 0.855. The van der Waals surface area contributed by atoms with Gasteiger partial charge in [0.1, 0.15) is 5.82 Å². The molecule has 1 aromatic carbocycles. The average Bonchev–Trinajstić information content (AvgIpc) is 2.45. The van der Waals surface area contributed by atoms with Gasteiger partial charge >= 0.3 is 6.18 Å². The van der Waals surface area contributed by atoms with Gasteiger partial charge < -0.3 is 5.32 Å². The second-order valence-corrected chi connectivity index (χ2v) is 5.32. The molecule has 1 aliphatic rings. The van der Waals surface area contributed by atoms with Crippen molar-refractivity contribution < 1.29 is 17.6 Å². The van der Waals surface area contributed by atoms with Crippen LogP contribution >= 0.6 is 0 Å². The molecule has 0 unspecified atom stereocenters. The minimum Gasteiger partial charge on any atom is -0.314 e. The molecular formula is C15H20F4N2. The van der Waals surface area contributed by atoms with Gasteiger partial charge in [-0.05, 0) is 24.6 Å². The van der Waals surface area contributed by atoms with Crippen LogP contribution in [0.25, 0.3) is 0 Å². The number of benzene rings is 1. The maximum Gasteiger partial charge on any atom is 0.416 e. The molecule has 2 rings (SSSR count). The number of hydrogen-bond donors (Lipinski definition) is 1. The van der Waals surface area contributed by atoms with E-state index in [2.05, 4.69) is 10.2 Å². The first kappa shape index (κ1) is 16.2. The molecule has 21 heavy (non-hydrogen) atoms. The highest BCUT2D eigenvalue weighted by Gasteiger charge is 2.33. The van der Waals surface area contributed by atoms with Crippen molar-refractivity contribution in [3.8, 4) is 0 Å². The molecule has 1 fully saturated rings. The Morgan fingerprint density at radius 3 is 2.48 bits per heavy atom. The summed E-state index contributed by atoms with van der Waals surface area (Å²) < 4.78 is 52.6. The van der Waals surface area contributed by atoms with Gasteiger partial charge in [-0.3, -0.25) is 4.90 Å². The Morgan fingerprint density at radius 1 is 1.24 bits per heavy atom. The molecule has 118 valence electrons. The highest BCUT2D eigenvalue weighted by atomic mass is 19.4. The van der Waals surface area contributed by atoms with Crippen molar-refractivity contribution in [2.24, 2.45) is 0 Å². The van der Waals surface area contributed by atoms with Gasteiger partial charge in [0.05, 0.1) is 5.56 Å². The van der Waals surface area contributed by atoms with E-state index in [1.165, 1.54) is 0 Å². The highest BCUT2D eigenvalue weighted by molar-refractivity contribution is 5.29. The van der Waals surface area contributed by atoms with Crippen LogP contribution in [0.5, 0.6) is 0 Å². The Labute approximate surface area is 122 Å². The second kappa shape index (κ2) is 6.75. The van der Waals surface area contributed by atoms with Crippen LogP contribution in [-0.2, 0) is 6.18 Å². The molecule has 0 aliphatic carbocycles. The van der Waals surface area contributed by atoms with E-state index in [0.29, 0.717) is 6.42 Å². The van der Waals surface area contributed by atoms with E-state index in [-0.39, 0.29) is 11.6 Å². The van der Waals surface area contributed by atoms with Crippen LogP contribution in [0.1, 0.15) is 36.9 Å². The third-order valence-corrected chi connectivity index (χ3v) is 3.84. The zero-order valence-corrected chi connectivity index (χ0v) is 12.0. The normalized spacial score (nSPS) is 18.7. The summed E-state index contributed by atoms with van der Waals surface area (Å²) in [5.74, 6) is -0.556. The van der Waals surface area contributed by atoms with E-state index >= 15 is 0 Å². The highest BCUT2D eigenvalue weighted by Crippen LogP contribution is 2.34. The predicted octanol–water partition coefficient (Wildman–Crippen LogP) is 3.59. The zero-order chi connectivity index (χ0) is 15.5. The van der Waals surface area contributed by atoms with Crippen molar-refractivity contribution in [2.45, 2.75) is 32.0 Å². The first-order valence-corrected chi connectivity index (χ1v) is 7.25. The summed E-state index contributed by atoms with van der Waals surface area (Å²) in [5.41, 5.74) is -0.622. The Bertz CT molecular complexity index is 467. The third kappa shape index (κ3) is 3.95. The van der Waals surface area contributed by atoms with E-state index in [1.54, 1.807) is 0 Å². The minimum atomic E-state index is -4.44. The molecule has 1 heterocycles. The molecule has 0 bridgehead atoms. The maximum absolute atomic E-state index is 14.1. The maximum atomic E-state index is 14.1. The predicted molar refractivity (Wildman–Crippen MR) is 73.5 cm³/mol. The molecule has 1 atom stereocenters. The number of rotatable bonds is 4. The van der Waals surface area contributed by atoms with E-state index in [9.17, 15) is 17.6 Å². The number of hydrogen-bond acceptors (Lipinski definition) is 2. The molecule has 0 amide bonds. The van der Waals surface area contributed by atoms with Gasteiger partial charge in [-0.15, -0.1) is 0 Å². The van der Waals surface area contributed by atoms with E-state index in [0.717, 1.165) is 50.8 Å². The van der Waals surface area contributed by atoms with Crippen LogP contribution in [0.4, 0.5) is 17.6 Å². The molecule has 0 aromatic heterocycles.